The van der Waals surface area contributed by atoms with Crippen LogP contribution < -0.4 is 4.90 Å². The number of piperazine rings is 1. The average molecular weight is 447 g/mol. The van der Waals surface area contributed by atoms with Crippen LogP contribution in [-0.4, -0.2) is 57.1 Å². The number of pyridine rings is 2. The molecular weight excluding hydrogens is 423 g/mol. The van der Waals surface area contributed by atoms with Gasteiger partial charge in [-0.3, -0.25) is 0 Å². The van der Waals surface area contributed by atoms with E-state index in [-0.39, 0.29) is 32.0 Å². The summed E-state index contributed by atoms with van der Waals surface area (Å²) in [5.74, 6) is -0.131. The lowest BCUT2D eigenvalue weighted by Gasteiger charge is -2.37. The fourth-order valence-electron chi connectivity index (χ4n) is 3.59. The van der Waals surface area contributed by atoms with Crippen LogP contribution in [0.3, 0.4) is 0 Å². The van der Waals surface area contributed by atoms with Crippen LogP contribution >= 0.6 is 0 Å². The first-order valence-electron chi connectivity index (χ1n) is 10.2. The van der Waals surface area contributed by atoms with Crippen molar-refractivity contribution in [3.8, 4) is 11.1 Å². The van der Waals surface area contributed by atoms with Crippen LogP contribution in [0.15, 0.2) is 43.0 Å². The lowest BCUT2D eigenvalue weighted by Crippen LogP contribution is -2.50. The Hall–Kier alpha value is -3.30. The van der Waals surface area contributed by atoms with Crippen LogP contribution in [0.25, 0.3) is 16.8 Å². The van der Waals surface area contributed by atoms with Crippen molar-refractivity contribution in [2.75, 3.05) is 31.1 Å². The number of hydrogen-bond acceptors (Lipinski definition) is 5. The second kappa shape index (κ2) is 7.99. The van der Waals surface area contributed by atoms with Gasteiger partial charge in [0.2, 0.25) is 0 Å². The van der Waals surface area contributed by atoms with Gasteiger partial charge in [-0.15, -0.1) is 0 Å². The highest BCUT2D eigenvalue weighted by molar-refractivity contribution is 5.69. The SMILES string of the molecule is CC(C)(C)OC(=O)N1CCN(c2ncc(-c3ccc4nccn4c3)cc2C(F)(F)F)CC1. The molecule has 0 N–H and O–H groups in total. The molecule has 0 radical (unpaired) electrons. The molecule has 0 aromatic carbocycles. The molecule has 1 amide bonds. The third-order valence-corrected chi connectivity index (χ3v) is 5.13. The highest BCUT2D eigenvalue weighted by atomic mass is 19.4. The Labute approximate surface area is 183 Å². The molecule has 170 valence electrons. The molecule has 7 nitrogen and oxygen atoms in total. The molecule has 0 bridgehead atoms. The molecule has 4 rings (SSSR count). The number of carbonyl (C=O) groups excluding carboxylic acids is 1. The number of carbonyl (C=O) groups is 1. The number of rotatable bonds is 2. The zero-order valence-electron chi connectivity index (χ0n) is 18.1. The molecule has 0 aliphatic carbocycles. The number of aromatic nitrogens is 3. The monoisotopic (exact) mass is 447 g/mol. The standard InChI is InChI=1S/C22H24F3N5O2/c1-21(2,3)32-20(31)29-10-8-28(9-11-29)19-17(22(23,24)25)12-16(13-27-19)15-4-5-18-26-6-7-30(18)14-15/h4-7,12-14H,8-11H2,1-3H3. The van der Waals surface area contributed by atoms with Crippen molar-refractivity contribution in [3.05, 3.63) is 48.5 Å². The third kappa shape index (κ3) is 4.63. The largest absolute Gasteiger partial charge is 0.444 e. The smallest absolute Gasteiger partial charge is 0.419 e. The van der Waals surface area contributed by atoms with E-state index in [1.807, 2.05) is 0 Å². The minimum Gasteiger partial charge on any atom is -0.444 e. The molecule has 1 aliphatic rings. The van der Waals surface area contributed by atoms with E-state index in [0.29, 0.717) is 16.8 Å². The van der Waals surface area contributed by atoms with Gasteiger partial charge in [-0.05, 0) is 39.0 Å². The molecule has 0 atom stereocenters. The van der Waals surface area contributed by atoms with E-state index >= 15 is 0 Å². The predicted octanol–water partition coefficient (Wildman–Crippen LogP) is 4.47. The summed E-state index contributed by atoms with van der Waals surface area (Å²) in [6.07, 6.45) is 1.49. The van der Waals surface area contributed by atoms with Crippen molar-refractivity contribution < 1.29 is 22.7 Å². The van der Waals surface area contributed by atoms with Crippen molar-refractivity contribution in [1.82, 2.24) is 19.3 Å². The maximum absolute atomic E-state index is 13.9. The quantitative estimate of drug-likeness (QED) is 0.580. The van der Waals surface area contributed by atoms with Gasteiger partial charge in [-0.1, -0.05) is 0 Å². The van der Waals surface area contributed by atoms with Crippen LogP contribution in [0.4, 0.5) is 23.8 Å². The molecule has 3 aromatic rings. The molecule has 0 unspecified atom stereocenters. The molecule has 1 fully saturated rings. The van der Waals surface area contributed by atoms with E-state index in [1.165, 1.54) is 11.1 Å². The number of anilines is 1. The summed E-state index contributed by atoms with van der Waals surface area (Å²) in [5, 5.41) is 0. The van der Waals surface area contributed by atoms with Crippen molar-refractivity contribution in [1.29, 1.82) is 0 Å². The topological polar surface area (TPSA) is 63.0 Å². The summed E-state index contributed by atoms with van der Waals surface area (Å²) >= 11 is 0. The maximum atomic E-state index is 13.9. The van der Waals surface area contributed by atoms with Crippen molar-refractivity contribution >= 4 is 17.6 Å². The van der Waals surface area contributed by atoms with Gasteiger partial charge in [0.25, 0.3) is 0 Å². The van der Waals surface area contributed by atoms with Gasteiger partial charge in [0.1, 0.15) is 17.1 Å². The van der Waals surface area contributed by atoms with Gasteiger partial charge in [-0.25, -0.2) is 14.8 Å². The summed E-state index contributed by atoms with van der Waals surface area (Å²) < 4.78 is 48.9. The average Bonchev–Trinajstić information content (AvgIpc) is 3.19. The molecule has 32 heavy (non-hydrogen) atoms. The molecule has 1 aliphatic heterocycles. The summed E-state index contributed by atoms with van der Waals surface area (Å²) in [7, 11) is 0. The van der Waals surface area contributed by atoms with E-state index in [9.17, 15) is 18.0 Å². The summed E-state index contributed by atoms with van der Waals surface area (Å²) in [5.41, 5.74) is 0.247. The Bertz CT molecular complexity index is 1130. The van der Waals surface area contributed by atoms with E-state index in [0.717, 1.165) is 6.07 Å². The highest BCUT2D eigenvalue weighted by Crippen LogP contribution is 2.38. The first-order chi connectivity index (χ1) is 15.0. The molecule has 0 spiro atoms. The van der Waals surface area contributed by atoms with Gasteiger partial charge < -0.3 is 18.9 Å². The lowest BCUT2D eigenvalue weighted by molar-refractivity contribution is -0.137. The van der Waals surface area contributed by atoms with Crippen LogP contribution in [-0.2, 0) is 10.9 Å². The lowest BCUT2D eigenvalue weighted by atomic mass is 10.1. The van der Waals surface area contributed by atoms with Gasteiger partial charge >= 0.3 is 12.3 Å². The first kappa shape index (κ1) is 21.9. The van der Waals surface area contributed by atoms with Gasteiger partial charge in [0, 0.05) is 62.1 Å². The zero-order valence-corrected chi connectivity index (χ0v) is 18.1. The summed E-state index contributed by atoms with van der Waals surface area (Å²) in [4.78, 5) is 23.6. The number of amides is 1. The molecule has 3 aromatic heterocycles. The Morgan fingerprint density at radius 1 is 1.03 bits per heavy atom. The number of imidazole rings is 1. The van der Waals surface area contributed by atoms with Crippen LogP contribution in [0.1, 0.15) is 26.3 Å². The summed E-state index contributed by atoms with van der Waals surface area (Å²) in [6.45, 7) is 6.29. The molecule has 4 heterocycles. The van der Waals surface area contributed by atoms with Crippen molar-refractivity contribution in [2.24, 2.45) is 0 Å². The van der Waals surface area contributed by atoms with Gasteiger partial charge in [0.05, 0.1) is 5.56 Å². The minimum atomic E-state index is -4.57. The van der Waals surface area contributed by atoms with Crippen molar-refractivity contribution in [3.63, 3.8) is 0 Å². The zero-order chi connectivity index (χ0) is 23.1. The number of fused-ring (bicyclic) bond motifs is 1. The Balaban J connectivity index is 1.57. The number of hydrogen-bond donors (Lipinski definition) is 0. The number of nitrogens with zero attached hydrogens (tertiary/aromatic N) is 5. The molecule has 0 saturated carbocycles. The maximum Gasteiger partial charge on any atom is 0.419 e. The molecule has 10 heteroatoms. The fraction of sp³-hybridized carbons (Fsp3) is 0.409. The minimum absolute atomic E-state index is 0.131. The van der Waals surface area contributed by atoms with E-state index in [1.54, 1.807) is 60.8 Å². The third-order valence-electron chi connectivity index (χ3n) is 5.13. The highest BCUT2D eigenvalue weighted by Gasteiger charge is 2.37. The second-order valence-corrected chi connectivity index (χ2v) is 8.66. The van der Waals surface area contributed by atoms with E-state index in [4.69, 9.17) is 4.74 Å². The van der Waals surface area contributed by atoms with Crippen LogP contribution in [0, 0.1) is 0 Å². The number of alkyl halides is 3. The summed E-state index contributed by atoms with van der Waals surface area (Å²) in [6, 6.07) is 4.59. The molecule has 1 saturated heterocycles. The number of ether oxygens (including phenoxy) is 1. The van der Waals surface area contributed by atoms with E-state index in [2.05, 4.69) is 9.97 Å². The Morgan fingerprint density at radius 3 is 2.41 bits per heavy atom. The second-order valence-electron chi connectivity index (χ2n) is 8.66. The predicted molar refractivity (Wildman–Crippen MR) is 113 cm³/mol. The Kier molecular flexibility index (Phi) is 5.47. The van der Waals surface area contributed by atoms with Crippen LogP contribution in [0.5, 0.6) is 0 Å². The van der Waals surface area contributed by atoms with Gasteiger partial charge in [0.15, 0.2) is 0 Å². The van der Waals surface area contributed by atoms with E-state index < -0.39 is 23.4 Å². The van der Waals surface area contributed by atoms with Crippen LogP contribution in [0.2, 0.25) is 0 Å². The molecular formula is C22H24F3N5O2. The fourth-order valence-corrected chi connectivity index (χ4v) is 3.59. The number of halogens is 3. The first-order valence-corrected chi connectivity index (χ1v) is 10.2. The van der Waals surface area contributed by atoms with Gasteiger partial charge in [-0.2, -0.15) is 13.2 Å². The van der Waals surface area contributed by atoms with Crippen molar-refractivity contribution in [2.45, 2.75) is 32.5 Å². The Morgan fingerprint density at radius 2 is 1.75 bits per heavy atom. The normalized spacial score (nSPS) is 15.3.